The molecule has 0 radical (unpaired) electrons. The molecule has 0 amide bonds. The summed E-state index contributed by atoms with van der Waals surface area (Å²) in [6, 6.07) is 0. The molecule has 1 aromatic rings. The Morgan fingerprint density at radius 2 is 1.21 bits per heavy atom. The second kappa shape index (κ2) is 8.07. The first kappa shape index (κ1) is 20.6. The molecule has 1 unspecified atom stereocenters. The van der Waals surface area contributed by atoms with Crippen molar-refractivity contribution in [1.29, 1.82) is 0 Å². The number of hydrogen-bond donors (Lipinski definition) is 0. The van der Waals surface area contributed by atoms with E-state index in [1.165, 1.54) is 0 Å². The first-order chi connectivity index (χ1) is 11.1. The van der Waals surface area contributed by atoms with E-state index in [0.29, 0.717) is 17.3 Å². The Morgan fingerprint density at radius 1 is 0.917 bits per heavy atom. The zero-order valence-corrected chi connectivity index (χ0v) is 14.4. The van der Waals surface area contributed by atoms with E-state index in [1.54, 1.807) is 0 Å². The van der Waals surface area contributed by atoms with Gasteiger partial charge in [0.15, 0.2) is 23.3 Å². The fourth-order valence-electron chi connectivity index (χ4n) is 2.50. The van der Waals surface area contributed by atoms with Crippen LogP contribution in [0.3, 0.4) is 0 Å². The third-order valence-corrected chi connectivity index (χ3v) is 4.63. The van der Waals surface area contributed by atoms with Crippen molar-refractivity contribution in [3.63, 3.8) is 0 Å². The van der Waals surface area contributed by atoms with Crippen molar-refractivity contribution in [2.75, 3.05) is 14.2 Å². The van der Waals surface area contributed by atoms with Crippen LogP contribution in [0.2, 0.25) is 0 Å². The van der Waals surface area contributed by atoms with Crippen molar-refractivity contribution in [3.8, 4) is 0 Å². The number of benzene rings is 1. The Balaban J connectivity index is 0.000000300. The van der Waals surface area contributed by atoms with Gasteiger partial charge in [-0.15, -0.1) is 0 Å². The van der Waals surface area contributed by atoms with Gasteiger partial charge in [-0.2, -0.15) is 0 Å². The van der Waals surface area contributed by atoms with Gasteiger partial charge in [0, 0.05) is 20.1 Å². The second-order valence-electron chi connectivity index (χ2n) is 6.35. The van der Waals surface area contributed by atoms with Crippen LogP contribution in [-0.2, 0) is 27.5 Å². The first-order valence-corrected chi connectivity index (χ1v) is 7.41. The van der Waals surface area contributed by atoms with Crippen LogP contribution in [-0.4, -0.2) is 20.5 Å². The molecule has 0 aromatic heterocycles. The SMILES string of the molecule is COCc1c(F)c(F)c(COC)c(F)c1F.C[C@@H]1C(C=O)C1(C)C. The van der Waals surface area contributed by atoms with Crippen LogP contribution in [0.25, 0.3) is 0 Å². The van der Waals surface area contributed by atoms with Gasteiger partial charge in [-0.1, -0.05) is 20.8 Å². The highest BCUT2D eigenvalue weighted by atomic mass is 19.2. The summed E-state index contributed by atoms with van der Waals surface area (Å²) in [5, 5.41) is 0. The molecule has 2 atom stereocenters. The minimum Gasteiger partial charge on any atom is -0.380 e. The summed E-state index contributed by atoms with van der Waals surface area (Å²) in [4.78, 5) is 10.2. The predicted molar refractivity (Wildman–Crippen MR) is 80.2 cm³/mol. The second-order valence-corrected chi connectivity index (χ2v) is 6.35. The average molecular weight is 350 g/mol. The highest BCUT2D eigenvalue weighted by molar-refractivity contribution is 5.60. The standard InChI is InChI=1S/C10H10F4O2.C7H12O/c1-15-3-5-7(11)9(13)6(4-16-2)10(14)8(5)12;1-5-6(4-8)7(5,2)3/h3-4H2,1-2H3;4-6H,1-3H3/t;5-,6?/m.1/s1. The van der Waals surface area contributed by atoms with Crippen LogP contribution in [0, 0.1) is 40.5 Å². The lowest BCUT2D eigenvalue weighted by atomic mass is 10.1. The fourth-order valence-corrected chi connectivity index (χ4v) is 2.50. The van der Waals surface area contributed by atoms with Gasteiger partial charge in [0.05, 0.1) is 24.3 Å². The smallest absolute Gasteiger partial charge is 0.167 e. The average Bonchev–Trinajstić information content (AvgIpc) is 3.03. The van der Waals surface area contributed by atoms with Gasteiger partial charge in [-0.3, -0.25) is 0 Å². The molecule has 0 spiro atoms. The lowest BCUT2D eigenvalue weighted by molar-refractivity contribution is -0.109. The third-order valence-electron chi connectivity index (χ3n) is 4.63. The lowest BCUT2D eigenvalue weighted by Gasteiger charge is -2.10. The van der Waals surface area contributed by atoms with Gasteiger partial charge >= 0.3 is 0 Å². The topological polar surface area (TPSA) is 35.5 Å². The van der Waals surface area contributed by atoms with E-state index < -0.39 is 47.6 Å². The van der Waals surface area contributed by atoms with Crippen molar-refractivity contribution in [2.45, 2.75) is 34.0 Å². The van der Waals surface area contributed by atoms with Crippen LogP contribution < -0.4 is 0 Å². The summed E-state index contributed by atoms with van der Waals surface area (Å²) in [5.41, 5.74) is -1.23. The molecule has 1 fully saturated rings. The molecule has 1 aliphatic carbocycles. The molecule has 2 rings (SSSR count). The number of rotatable bonds is 5. The number of halogens is 4. The summed E-state index contributed by atoms with van der Waals surface area (Å²) in [6.07, 6.45) is 1.07. The quantitative estimate of drug-likeness (QED) is 0.457. The van der Waals surface area contributed by atoms with Gasteiger partial charge < -0.3 is 14.3 Å². The minimum absolute atomic E-state index is 0.307. The summed E-state index contributed by atoms with van der Waals surface area (Å²) in [6.45, 7) is 5.31. The maximum atomic E-state index is 13.3. The van der Waals surface area contributed by atoms with Crippen LogP contribution in [0.4, 0.5) is 17.6 Å². The van der Waals surface area contributed by atoms with Crippen LogP contribution >= 0.6 is 0 Å². The Hall–Kier alpha value is -1.47. The predicted octanol–water partition coefficient (Wildman–Crippen LogP) is 4.01. The van der Waals surface area contributed by atoms with Gasteiger partial charge in [-0.25, -0.2) is 17.6 Å². The summed E-state index contributed by atoms with van der Waals surface area (Å²) >= 11 is 0. The Morgan fingerprint density at radius 3 is 1.33 bits per heavy atom. The molecule has 0 saturated heterocycles. The maximum absolute atomic E-state index is 13.3. The van der Waals surface area contributed by atoms with Crippen LogP contribution in [0.15, 0.2) is 0 Å². The Kier molecular flexibility index (Phi) is 6.92. The monoisotopic (exact) mass is 350 g/mol. The van der Waals surface area contributed by atoms with Gasteiger partial charge in [-0.05, 0) is 11.3 Å². The fraction of sp³-hybridized carbons (Fsp3) is 0.588. The van der Waals surface area contributed by atoms with E-state index in [0.717, 1.165) is 20.5 Å². The largest absolute Gasteiger partial charge is 0.380 e. The first-order valence-electron chi connectivity index (χ1n) is 7.41. The van der Waals surface area contributed by atoms with E-state index in [1.807, 2.05) is 0 Å². The number of methoxy groups -OCH3 is 2. The van der Waals surface area contributed by atoms with Crippen molar-refractivity contribution in [1.82, 2.24) is 0 Å². The Labute approximate surface area is 138 Å². The van der Waals surface area contributed by atoms with Crippen molar-refractivity contribution < 1.29 is 31.8 Å². The Bertz CT molecular complexity index is 536. The van der Waals surface area contributed by atoms with E-state index in [4.69, 9.17) is 0 Å². The van der Waals surface area contributed by atoms with Crippen LogP contribution in [0.5, 0.6) is 0 Å². The van der Waals surface area contributed by atoms with Gasteiger partial charge in [0.25, 0.3) is 0 Å². The van der Waals surface area contributed by atoms with Crippen LogP contribution in [0.1, 0.15) is 31.9 Å². The molecule has 0 heterocycles. The minimum atomic E-state index is -1.45. The summed E-state index contributed by atoms with van der Waals surface area (Å²) < 4.78 is 62.1. The molecular formula is C17H22F4O3. The molecule has 1 aliphatic rings. The molecular weight excluding hydrogens is 328 g/mol. The number of hydrogen-bond acceptors (Lipinski definition) is 3. The van der Waals surface area contributed by atoms with E-state index in [9.17, 15) is 22.4 Å². The van der Waals surface area contributed by atoms with Crippen molar-refractivity contribution >= 4 is 6.29 Å². The molecule has 24 heavy (non-hydrogen) atoms. The van der Waals surface area contributed by atoms with Gasteiger partial charge in [0.2, 0.25) is 0 Å². The highest BCUT2D eigenvalue weighted by Crippen LogP contribution is 2.56. The number of carbonyl (C=O) groups is 1. The summed E-state index contributed by atoms with van der Waals surface area (Å²) in [5.74, 6) is -4.86. The van der Waals surface area contributed by atoms with E-state index in [-0.39, 0.29) is 0 Å². The molecule has 1 aromatic carbocycles. The zero-order chi connectivity index (χ0) is 18.7. The number of aldehydes is 1. The van der Waals surface area contributed by atoms with Crippen molar-refractivity contribution in [3.05, 3.63) is 34.4 Å². The zero-order valence-electron chi connectivity index (χ0n) is 14.4. The molecule has 0 N–H and O–H groups in total. The van der Waals surface area contributed by atoms with E-state index in [2.05, 4.69) is 30.2 Å². The van der Waals surface area contributed by atoms with Gasteiger partial charge in [0.1, 0.15) is 6.29 Å². The molecule has 1 saturated carbocycles. The van der Waals surface area contributed by atoms with Crippen molar-refractivity contribution in [2.24, 2.45) is 17.3 Å². The number of carbonyl (C=O) groups excluding carboxylic acids is 1. The van der Waals surface area contributed by atoms with E-state index >= 15 is 0 Å². The molecule has 3 nitrogen and oxygen atoms in total. The number of ether oxygens (including phenoxy) is 2. The third kappa shape index (κ3) is 3.95. The normalized spacial score (nSPS) is 21.0. The molecule has 0 aliphatic heterocycles. The molecule has 0 bridgehead atoms. The maximum Gasteiger partial charge on any atom is 0.167 e. The highest BCUT2D eigenvalue weighted by Gasteiger charge is 2.54. The summed E-state index contributed by atoms with van der Waals surface area (Å²) in [7, 11) is 2.33. The molecule has 7 heteroatoms. The molecule has 136 valence electrons. The lowest BCUT2D eigenvalue weighted by Crippen LogP contribution is -2.10.